The molecule has 0 saturated carbocycles. The number of benzene rings is 2. The summed E-state index contributed by atoms with van der Waals surface area (Å²) < 4.78 is 15.6. The first-order chi connectivity index (χ1) is 14.4. The normalized spacial score (nSPS) is 16.6. The Morgan fingerprint density at radius 1 is 1.27 bits per heavy atom. The summed E-state index contributed by atoms with van der Waals surface area (Å²) in [5, 5.41) is 3.50. The van der Waals surface area contributed by atoms with E-state index in [1.807, 2.05) is 36.9 Å². The number of carbonyl (C=O) groups is 1. The number of nitrogens with zero attached hydrogens (tertiary/aromatic N) is 3. The number of hydrogen-bond acceptors (Lipinski definition) is 4. The van der Waals surface area contributed by atoms with Crippen molar-refractivity contribution < 1.29 is 9.18 Å². The van der Waals surface area contributed by atoms with Crippen molar-refractivity contribution in [2.24, 2.45) is 0 Å². The smallest absolute Gasteiger partial charge is 0.261 e. The number of halogens is 1. The minimum Gasteiger partial charge on any atom is -0.367 e. The standard InChI is InChI=1S/C23H25FN4O2/c1-15-8-9-19(24)20(11-15)27-10-4-6-17(12-27)26-21(29)13-28-14-25-22-16(2)5-3-7-18(22)23(28)30/h3,5,7-9,11,14,17H,4,6,10,12-13H2,1-2H3,(H,26,29). The highest BCUT2D eigenvalue weighted by molar-refractivity contribution is 5.81. The van der Waals surface area contributed by atoms with Crippen molar-refractivity contribution in [2.45, 2.75) is 39.3 Å². The second-order valence-electron chi connectivity index (χ2n) is 7.96. The lowest BCUT2D eigenvalue weighted by atomic mass is 10.0. The van der Waals surface area contributed by atoms with Crippen LogP contribution in [0.4, 0.5) is 10.1 Å². The third kappa shape index (κ3) is 4.06. The Morgan fingerprint density at radius 2 is 2.10 bits per heavy atom. The second-order valence-corrected chi connectivity index (χ2v) is 7.96. The zero-order chi connectivity index (χ0) is 21.3. The van der Waals surface area contributed by atoms with Crippen LogP contribution in [0.25, 0.3) is 10.9 Å². The molecule has 30 heavy (non-hydrogen) atoms. The Morgan fingerprint density at radius 3 is 2.93 bits per heavy atom. The summed E-state index contributed by atoms with van der Waals surface area (Å²) in [6.45, 7) is 5.03. The van der Waals surface area contributed by atoms with Crippen LogP contribution in [0.1, 0.15) is 24.0 Å². The first kappa shape index (κ1) is 20.1. The number of aromatic nitrogens is 2. The van der Waals surface area contributed by atoms with E-state index in [9.17, 15) is 14.0 Å². The molecule has 1 amide bonds. The molecule has 1 aliphatic heterocycles. The number of piperidine rings is 1. The third-order valence-corrected chi connectivity index (χ3v) is 5.60. The van der Waals surface area contributed by atoms with Crippen molar-refractivity contribution in [2.75, 3.05) is 18.0 Å². The van der Waals surface area contributed by atoms with Crippen LogP contribution in [0.2, 0.25) is 0 Å². The molecule has 1 saturated heterocycles. The minimum absolute atomic E-state index is 0.0922. The van der Waals surface area contributed by atoms with Gasteiger partial charge in [-0.05, 0) is 56.0 Å². The summed E-state index contributed by atoms with van der Waals surface area (Å²) in [4.78, 5) is 31.6. The van der Waals surface area contributed by atoms with Gasteiger partial charge in [-0.2, -0.15) is 0 Å². The number of carbonyl (C=O) groups excluding carboxylic acids is 1. The number of amides is 1. The van der Waals surface area contributed by atoms with Crippen LogP contribution in [0, 0.1) is 19.7 Å². The van der Waals surface area contributed by atoms with E-state index in [4.69, 9.17) is 0 Å². The van der Waals surface area contributed by atoms with E-state index in [0.29, 0.717) is 23.1 Å². The third-order valence-electron chi connectivity index (χ3n) is 5.60. The molecular weight excluding hydrogens is 383 g/mol. The monoisotopic (exact) mass is 408 g/mol. The van der Waals surface area contributed by atoms with Gasteiger partial charge in [0.05, 0.1) is 22.9 Å². The Balaban J connectivity index is 1.45. The largest absolute Gasteiger partial charge is 0.367 e. The first-order valence-corrected chi connectivity index (χ1v) is 10.2. The van der Waals surface area contributed by atoms with Gasteiger partial charge in [0, 0.05) is 19.1 Å². The van der Waals surface area contributed by atoms with E-state index in [-0.39, 0.29) is 29.9 Å². The maximum absolute atomic E-state index is 14.3. The number of anilines is 1. The molecule has 4 rings (SSSR count). The van der Waals surface area contributed by atoms with Crippen molar-refractivity contribution in [3.8, 4) is 0 Å². The lowest BCUT2D eigenvalue weighted by Gasteiger charge is -2.35. The molecule has 3 aromatic rings. The predicted octanol–water partition coefficient (Wildman–Crippen LogP) is 2.94. The van der Waals surface area contributed by atoms with Gasteiger partial charge in [0.2, 0.25) is 5.91 Å². The molecule has 7 heteroatoms. The molecule has 0 aliphatic carbocycles. The lowest BCUT2D eigenvalue weighted by molar-refractivity contribution is -0.122. The molecule has 1 unspecified atom stereocenters. The van der Waals surface area contributed by atoms with Gasteiger partial charge in [0.15, 0.2) is 0 Å². The van der Waals surface area contributed by atoms with Crippen LogP contribution >= 0.6 is 0 Å². The van der Waals surface area contributed by atoms with Gasteiger partial charge in [-0.3, -0.25) is 14.2 Å². The molecule has 156 valence electrons. The summed E-state index contributed by atoms with van der Waals surface area (Å²) in [6, 6.07) is 10.4. The topological polar surface area (TPSA) is 67.2 Å². The van der Waals surface area contributed by atoms with Gasteiger partial charge in [0.1, 0.15) is 12.4 Å². The molecule has 0 radical (unpaired) electrons. The number of aryl methyl sites for hydroxylation is 2. The SMILES string of the molecule is Cc1ccc(F)c(N2CCCC(NC(=O)Cn3cnc4c(C)cccc4c3=O)C2)c1. The fourth-order valence-corrected chi connectivity index (χ4v) is 4.06. The minimum atomic E-state index is -0.253. The first-order valence-electron chi connectivity index (χ1n) is 10.2. The highest BCUT2D eigenvalue weighted by Crippen LogP contribution is 2.24. The van der Waals surface area contributed by atoms with Crippen molar-refractivity contribution >= 4 is 22.5 Å². The van der Waals surface area contributed by atoms with Crippen LogP contribution in [0.5, 0.6) is 0 Å². The van der Waals surface area contributed by atoms with Crippen LogP contribution in [-0.2, 0) is 11.3 Å². The summed E-state index contributed by atoms with van der Waals surface area (Å²) >= 11 is 0. The summed E-state index contributed by atoms with van der Waals surface area (Å²) in [5.74, 6) is -0.501. The van der Waals surface area contributed by atoms with Gasteiger partial charge in [0.25, 0.3) is 5.56 Å². The van der Waals surface area contributed by atoms with Gasteiger partial charge in [-0.1, -0.05) is 18.2 Å². The molecule has 0 bridgehead atoms. The van der Waals surface area contributed by atoms with Crippen LogP contribution in [0.3, 0.4) is 0 Å². The maximum atomic E-state index is 14.3. The number of fused-ring (bicyclic) bond motifs is 1. The average molecular weight is 408 g/mol. The van der Waals surface area contributed by atoms with E-state index in [0.717, 1.165) is 30.5 Å². The fraction of sp³-hybridized carbons (Fsp3) is 0.348. The molecular formula is C23H25FN4O2. The Bertz CT molecular complexity index is 1160. The number of para-hydroxylation sites is 1. The average Bonchev–Trinajstić information content (AvgIpc) is 2.72. The van der Waals surface area contributed by atoms with E-state index >= 15 is 0 Å². The molecule has 1 N–H and O–H groups in total. The quantitative estimate of drug-likeness (QED) is 0.721. The highest BCUT2D eigenvalue weighted by Gasteiger charge is 2.23. The van der Waals surface area contributed by atoms with E-state index in [1.165, 1.54) is 17.0 Å². The lowest BCUT2D eigenvalue weighted by Crippen LogP contribution is -2.49. The maximum Gasteiger partial charge on any atom is 0.261 e. The van der Waals surface area contributed by atoms with Gasteiger partial charge in [-0.15, -0.1) is 0 Å². The zero-order valence-corrected chi connectivity index (χ0v) is 17.2. The molecule has 1 aliphatic rings. The Labute approximate surface area is 174 Å². The zero-order valence-electron chi connectivity index (χ0n) is 17.2. The number of rotatable bonds is 4. The molecule has 1 fully saturated rings. The fourth-order valence-electron chi connectivity index (χ4n) is 4.06. The van der Waals surface area contributed by atoms with Crippen molar-refractivity contribution in [1.82, 2.24) is 14.9 Å². The summed E-state index contributed by atoms with van der Waals surface area (Å²) in [7, 11) is 0. The van der Waals surface area contributed by atoms with Gasteiger partial charge >= 0.3 is 0 Å². The molecule has 2 heterocycles. The second kappa shape index (κ2) is 8.26. The molecule has 1 atom stereocenters. The highest BCUT2D eigenvalue weighted by atomic mass is 19.1. The van der Waals surface area contributed by atoms with Crippen LogP contribution < -0.4 is 15.8 Å². The number of hydrogen-bond donors (Lipinski definition) is 1. The molecule has 1 aromatic heterocycles. The summed E-state index contributed by atoms with van der Waals surface area (Å²) in [6.07, 6.45) is 3.10. The predicted molar refractivity (Wildman–Crippen MR) is 115 cm³/mol. The van der Waals surface area contributed by atoms with Crippen molar-refractivity contribution in [1.29, 1.82) is 0 Å². The van der Waals surface area contributed by atoms with Crippen LogP contribution in [-0.4, -0.2) is 34.6 Å². The summed E-state index contributed by atoms with van der Waals surface area (Å²) in [5.41, 5.74) is 2.91. The van der Waals surface area contributed by atoms with Crippen molar-refractivity contribution in [3.05, 3.63) is 70.0 Å². The molecule has 0 spiro atoms. The molecule has 6 nitrogen and oxygen atoms in total. The van der Waals surface area contributed by atoms with Gasteiger partial charge in [-0.25, -0.2) is 9.37 Å². The van der Waals surface area contributed by atoms with E-state index in [2.05, 4.69) is 10.3 Å². The van der Waals surface area contributed by atoms with E-state index in [1.54, 1.807) is 12.1 Å². The van der Waals surface area contributed by atoms with Gasteiger partial charge < -0.3 is 10.2 Å². The van der Waals surface area contributed by atoms with Crippen LogP contribution in [0.15, 0.2) is 47.5 Å². The molecule has 2 aromatic carbocycles. The van der Waals surface area contributed by atoms with Crippen molar-refractivity contribution in [3.63, 3.8) is 0 Å². The Hall–Kier alpha value is -3.22. The number of nitrogens with one attached hydrogen (secondary N) is 1. The van der Waals surface area contributed by atoms with E-state index < -0.39 is 0 Å². The Kier molecular flexibility index (Phi) is 5.53.